The van der Waals surface area contributed by atoms with Crippen LogP contribution in [0.25, 0.3) is 0 Å². The summed E-state index contributed by atoms with van der Waals surface area (Å²) in [6, 6.07) is 0. The summed E-state index contributed by atoms with van der Waals surface area (Å²) in [7, 11) is -61.6. The van der Waals surface area contributed by atoms with Crippen molar-refractivity contribution in [2.24, 2.45) is 0 Å². The molecule has 0 aliphatic carbocycles. The molecule has 6 fully saturated rings. The second kappa shape index (κ2) is 42.2. The van der Waals surface area contributed by atoms with Gasteiger partial charge >= 0.3 is 0 Å². The first-order valence-electron chi connectivity index (χ1n) is 30.4. The minimum atomic E-state index is -6.95. The summed E-state index contributed by atoms with van der Waals surface area (Å²) in [4.78, 5) is 39.3. The van der Waals surface area contributed by atoms with Crippen LogP contribution in [0.3, 0.4) is 0 Å². The van der Waals surface area contributed by atoms with E-state index >= 15 is 0 Å². The lowest BCUT2D eigenvalue weighted by molar-refractivity contribution is -0.777. The Morgan fingerprint density at radius 2 is 0.475 bits per heavy atom. The van der Waals surface area contributed by atoms with E-state index < -0.39 is 338 Å². The van der Waals surface area contributed by atoms with Gasteiger partial charge in [-0.3, -0.25) is 51.1 Å². The van der Waals surface area contributed by atoms with Gasteiger partial charge in [0.1, 0.15) is 110 Å². The van der Waals surface area contributed by atoms with Crippen molar-refractivity contribution in [3.63, 3.8) is 0 Å². The van der Waals surface area contributed by atoms with Gasteiger partial charge in [-0.15, -0.1) is 4.33 Å². The molecule has 13 unspecified atom stereocenters. The Hall–Kier alpha value is -3.38. The average Bonchev–Trinajstić information content (AvgIpc) is 0.746. The van der Waals surface area contributed by atoms with Gasteiger partial charge in [0.05, 0.1) is 37.7 Å². The minimum Gasteiger partial charge on any atom is -0.726 e. The molecule has 67 nitrogen and oxygen atoms in total. The Balaban J connectivity index is 1.52. The summed E-state index contributed by atoms with van der Waals surface area (Å²) in [5.74, 6) is -8.25. The Kier molecular flexibility index (Phi) is 37.1. The van der Waals surface area contributed by atoms with Crippen LogP contribution in [0, 0.1) is 0 Å². The van der Waals surface area contributed by atoms with Crippen LogP contribution < -0.4 is 20.6 Å². The molecule has 0 bridgehead atoms. The van der Waals surface area contributed by atoms with E-state index in [9.17, 15) is 165 Å². The van der Waals surface area contributed by atoms with Crippen LogP contribution in [0.1, 0.15) is 0 Å². The standard InChI is InChI=1S/C42H68O67S11/c1-80-16-13(10(7-86-111(50,51)52)89-37(85-6)28(16)102-115(62,63)64)92-40-30(104-117(68,69)70)19(83-4)22(26(97-40)35(45)46)96-39-33(107-120(77,78)79)24(101-114(59,60)61)15(12(91-39)9-88-113(56,57)58)94-41-31(105-118(71,72)73)18(82-3)21(25(98-41)34(43)44)95-38-29(103-116(65,66)67)17(81-2)14(11(90-38)8-87-112(53,54)55)93-42-32(106-119(74,75)76)20(84-5)23(100-110-109-108-49)27(99-42)36(47)48/h10-33,37-42,49H,7-9H2,1-6H3,(H,43,44)(H,45,46)(H,47,48)(H,50,51,52)(H,53,54,55)(H,56,57,58)(H,59,60,61)(H,62,63,64)(H,65,66,67)(H,68,69,70)(H,71,72,73)(H,74,75,76)(H,77,78,79)/p-14/t10-,11-,12?,13-,14-,15+,16?,17?,18?,19-,20-,21+,22-,23-,24+,25-,26?,27?,28?,29?,30?,31?,32?,33?,37+,38-,39+,40-,41?,42-/m1/s1. The van der Waals surface area contributed by atoms with E-state index in [1.54, 1.807) is 0 Å². The maximum Gasteiger partial charge on any atom is 0.218 e. The van der Waals surface area contributed by atoms with Gasteiger partial charge in [0.2, 0.25) is 104 Å². The fraction of sp³-hybridized carbons (Fsp3) is 0.929. The molecule has 704 valence electrons. The average molecular weight is 1980 g/mol. The second-order valence-electron chi connectivity index (χ2n) is 23.2. The van der Waals surface area contributed by atoms with Crippen molar-refractivity contribution in [1.82, 2.24) is 0 Å². The number of rotatable bonds is 46. The summed E-state index contributed by atoms with van der Waals surface area (Å²) < 4.78 is 514. The zero-order valence-corrected chi connectivity index (χ0v) is 67.8. The first-order valence-corrected chi connectivity index (χ1v) is 44.4. The van der Waals surface area contributed by atoms with Crippen molar-refractivity contribution in [2.45, 2.75) is 184 Å². The maximum absolute atomic E-state index is 13.5. The molecule has 0 aromatic rings. The molecular formula is C42H54O67S11-14. The highest BCUT2D eigenvalue weighted by atomic mass is 32.3. The summed E-state index contributed by atoms with van der Waals surface area (Å²) in [5, 5.41) is 52.8. The van der Waals surface area contributed by atoms with Crippen molar-refractivity contribution in [3.05, 3.63) is 0 Å². The number of methoxy groups -OCH3 is 6. The number of carbonyl (C=O) groups excluding carboxylic acids is 3. The van der Waals surface area contributed by atoms with Gasteiger partial charge in [-0.1, -0.05) is 0 Å². The van der Waals surface area contributed by atoms with Crippen LogP contribution in [-0.2, 0) is 254 Å². The van der Waals surface area contributed by atoms with Crippen LogP contribution >= 0.6 is 12.3 Å². The van der Waals surface area contributed by atoms with E-state index in [4.69, 9.17) is 84.7 Å². The van der Waals surface area contributed by atoms with Gasteiger partial charge in [-0.05, 0) is 0 Å². The summed E-state index contributed by atoms with van der Waals surface area (Å²) in [6.07, 6.45) is -92.7. The lowest BCUT2D eigenvalue weighted by Gasteiger charge is -2.52. The van der Waals surface area contributed by atoms with Crippen LogP contribution in [-0.4, -0.2) is 394 Å². The van der Waals surface area contributed by atoms with Crippen LogP contribution in [0.5, 0.6) is 0 Å². The number of carbonyl (C=O) groups is 3. The van der Waals surface area contributed by atoms with E-state index in [1.165, 1.54) is 0 Å². The van der Waals surface area contributed by atoms with Crippen molar-refractivity contribution >= 4 is 134 Å². The van der Waals surface area contributed by atoms with Crippen LogP contribution in [0.15, 0.2) is 0 Å². The first kappa shape index (κ1) is 105. The molecule has 0 amide bonds. The highest BCUT2D eigenvalue weighted by Crippen LogP contribution is 2.43. The van der Waals surface area contributed by atoms with Gasteiger partial charge in [-0.25, -0.2) is 84.2 Å². The van der Waals surface area contributed by atoms with Gasteiger partial charge in [0, 0.05) is 42.7 Å². The lowest BCUT2D eigenvalue weighted by Crippen LogP contribution is -2.71. The SMILES string of the molecule is COC1C(OS(=O)(=O)[O-])[C@@H](O[C@H]2C(OC)C(OS(=O)(=O)[O-])C(O[C@H]3C(COS(=O)(=O)[O-])O[C@@H](O[C@H]4C(C(=O)[O-])O[C@@H](O[C@H]5C(OC)C(OS(=O)(=O)[O-])[C@@H](OC)O[C@@H]5COS(=O)(=O)[O-])C(OS(=O)(=O)[O-])[C@@H]4OC)C(OS(=O)(=O)[O-])[C@H]3OS(=O)(=O)[O-])O[C@H]2C(=O)[O-])O[C@H](COS(=O)(=O)[O-])[C@H]1O[C@@H]1OC(C(=O)[O-])[C@H](OSOO[O-])[C@@H](OC)C1OS(=O)(=O)[O-]. The molecule has 0 spiro atoms. The number of carboxylic acid groups (broad SMARTS) is 3. The number of carboxylic acids is 3. The molecule has 0 N–H and O–H groups in total. The first-order chi connectivity index (χ1) is 54.9. The third kappa shape index (κ3) is 31.0. The third-order valence-electron chi connectivity index (χ3n) is 15.9. The molecule has 0 radical (unpaired) electrons. The zero-order chi connectivity index (χ0) is 91.1. The topological polar surface area (TPSA) is 992 Å². The summed E-state index contributed by atoms with van der Waals surface area (Å²) >= 11 is -0.559. The van der Waals surface area contributed by atoms with Gasteiger partial charge in [-0.2, -0.15) is 0 Å². The normalized spacial score (nSPS) is 36.3. The summed E-state index contributed by atoms with van der Waals surface area (Å²) in [6.45, 7) is -6.02. The molecular weight excluding hydrogens is 1930 g/mol. The number of hydrogen-bond acceptors (Lipinski definition) is 68. The maximum atomic E-state index is 13.5. The smallest absolute Gasteiger partial charge is 0.218 e. The highest BCUT2D eigenvalue weighted by molar-refractivity contribution is 7.89. The highest BCUT2D eigenvalue weighted by Gasteiger charge is 2.63. The number of aliphatic carboxylic acids is 3. The van der Waals surface area contributed by atoms with E-state index in [0.29, 0.717) is 35.5 Å². The number of ether oxygens (including phenoxy) is 17. The lowest BCUT2D eigenvalue weighted by atomic mass is 9.94. The van der Waals surface area contributed by atoms with Gasteiger partial charge < -0.3 is 161 Å². The van der Waals surface area contributed by atoms with Crippen LogP contribution in [0.4, 0.5) is 0 Å². The zero-order valence-electron chi connectivity index (χ0n) is 58.8. The van der Waals surface area contributed by atoms with Gasteiger partial charge in [0.25, 0.3) is 0 Å². The minimum absolute atomic E-state index is 0.264. The fourth-order valence-electron chi connectivity index (χ4n) is 12.0. The molecule has 0 aromatic carbocycles. The van der Waals surface area contributed by atoms with Crippen molar-refractivity contribution in [3.8, 4) is 0 Å². The van der Waals surface area contributed by atoms with Crippen molar-refractivity contribution < 1.29 is 301 Å². The molecule has 6 aliphatic heterocycles. The third-order valence-corrected chi connectivity index (χ3v) is 20.8. The molecule has 6 heterocycles. The monoisotopic (exact) mass is 1980 g/mol. The predicted octanol–water partition coefficient (Wildman–Crippen LogP) is -19.2. The van der Waals surface area contributed by atoms with E-state index in [1.807, 2.05) is 0 Å². The Bertz CT molecular complexity index is 4670. The largest absolute Gasteiger partial charge is 0.726 e. The van der Waals surface area contributed by atoms with Gasteiger partial charge in [0.15, 0.2) is 86.7 Å². The molecule has 0 saturated carbocycles. The molecule has 120 heavy (non-hydrogen) atoms. The Morgan fingerprint density at radius 3 is 0.717 bits per heavy atom. The van der Waals surface area contributed by atoms with Crippen molar-refractivity contribution in [2.75, 3.05) is 62.5 Å². The molecule has 6 rings (SSSR count). The summed E-state index contributed by atoms with van der Waals surface area (Å²) in [5.41, 5.74) is 0. The Morgan fingerprint density at radius 1 is 0.267 bits per heavy atom. The molecule has 6 aliphatic rings. The number of hydrogen-bond donors (Lipinski definition) is 0. The molecule has 6 saturated heterocycles. The fourth-order valence-corrected chi connectivity index (χ4v) is 16.6. The van der Waals surface area contributed by atoms with E-state index in [-0.39, 0.29) is 7.11 Å². The molecule has 78 heteroatoms. The van der Waals surface area contributed by atoms with E-state index in [2.05, 4.69) is 51.2 Å². The van der Waals surface area contributed by atoms with Crippen LogP contribution in [0.2, 0.25) is 0 Å². The Labute approximate surface area is 678 Å². The second-order valence-corrected chi connectivity index (χ2v) is 33.9. The predicted molar refractivity (Wildman–Crippen MR) is 316 cm³/mol. The van der Waals surface area contributed by atoms with E-state index in [0.717, 1.165) is 0 Å². The molecule has 0 aromatic heterocycles. The quantitative estimate of drug-likeness (QED) is 0.0136. The molecule has 30 atom stereocenters. The van der Waals surface area contributed by atoms with Crippen molar-refractivity contribution in [1.29, 1.82) is 0 Å².